The zero-order chi connectivity index (χ0) is 14.3. The summed E-state index contributed by atoms with van der Waals surface area (Å²) in [5, 5.41) is 13.9. The van der Waals surface area contributed by atoms with Crippen molar-refractivity contribution in [3.8, 4) is 0 Å². The van der Waals surface area contributed by atoms with Gasteiger partial charge in [-0.3, -0.25) is 9.59 Å². The summed E-state index contributed by atoms with van der Waals surface area (Å²) in [5.74, 6) is -1.46. The van der Waals surface area contributed by atoms with Gasteiger partial charge in [-0.05, 0) is 30.5 Å². The summed E-state index contributed by atoms with van der Waals surface area (Å²) >= 11 is 0. The van der Waals surface area contributed by atoms with Gasteiger partial charge in [-0.2, -0.15) is 0 Å². The highest BCUT2D eigenvalue weighted by atomic mass is 16.3. The first-order valence-electron chi connectivity index (χ1n) is 6.42. The Kier molecular flexibility index (Phi) is 6.02. The number of amides is 2. The minimum atomic E-state index is -0.736. The minimum absolute atomic E-state index is 0.180. The van der Waals surface area contributed by atoms with Crippen molar-refractivity contribution in [1.29, 1.82) is 0 Å². The Hall–Kier alpha value is -1.88. The van der Waals surface area contributed by atoms with E-state index in [-0.39, 0.29) is 12.6 Å². The molecule has 0 bridgehead atoms. The topological polar surface area (TPSA) is 78.4 Å². The number of benzene rings is 1. The van der Waals surface area contributed by atoms with E-state index in [2.05, 4.69) is 10.6 Å². The summed E-state index contributed by atoms with van der Waals surface area (Å²) in [6, 6.07) is 6.92. The summed E-state index contributed by atoms with van der Waals surface area (Å²) in [6.07, 6.45) is 1.49. The minimum Gasteiger partial charge on any atom is -0.394 e. The van der Waals surface area contributed by atoms with E-state index in [9.17, 15) is 9.59 Å². The second kappa shape index (κ2) is 7.53. The van der Waals surface area contributed by atoms with Gasteiger partial charge in [-0.1, -0.05) is 26.0 Å². The first-order chi connectivity index (χ1) is 9.10. The molecule has 104 valence electrons. The van der Waals surface area contributed by atoms with E-state index in [1.54, 1.807) is 12.1 Å². The van der Waals surface area contributed by atoms with E-state index in [1.165, 1.54) is 0 Å². The van der Waals surface area contributed by atoms with Crippen LogP contribution in [-0.4, -0.2) is 29.6 Å². The van der Waals surface area contributed by atoms with Gasteiger partial charge in [-0.15, -0.1) is 0 Å². The third-order valence-electron chi connectivity index (χ3n) is 2.87. The molecule has 1 atom stereocenters. The zero-order valence-corrected chi connectivity index (χ0v) is 11.3. The number of hydrogen-bond acceptors (Lipinski definition) is 3. The number of aliphatic hydroxyl groups is 1. The largest absolute Gasteiger partial charge is 0.394 e. The van der Waals surface area contributed by atoms with Crippen molar-refractivity contribution in [3.63, 3.8) is 0 Å². The summed E-state index contributed by atoms with van der Waals surface area (Å²) in [5.41, 5.74) is 1.74. The number of aliphatic hydroxyl groups excluding tert-OH is 1. The predicted molar refractivity (Wildman–Crippen MR) is 73.8 cm³/mol. The van der Waals surface area contributed by atoms with E-state index in [4.69, 9.17) is 5.11 Å². The van der Waals surface area contributed by atoms with Crippen LogP contribution in [-0.2, 0) is 16.0 Å². The molecule has 19 heavy (non-hydrogen) atoms. The molecular weight excluding hydrogens is 244 g/mol. The van der Waals surface area contributed by atoms with E-state index in [1.807, 2.05) is 26.0 Å². The lowest BCUT2D eigenvalue weighted by Crippen LogP contribution is -2.43. The molecule has 0 heterocycles. The number of aryl methyl sites for hydroxylation is 1. The van der Waals surface area contributed by atoms with Crippen LogP contribution in [0.4, 0.5) is 5.69 Å². The number of hydrogen-bond donors (Lipinski definition) is 3. The lowest BCUT2D eigenvalue weighted by atomic mass is 10.1. The van der Waals surface area contributed by atoms with Gasteiger partial charge < -0.3 is 15.7 Å². The van der Waals surface area contributed by atoms with Crippen molar-refractivity contribution < 1.29 is 14.7 Å². The van der Waals surface area contributed by atoms with Crippen molar-refractivity contribution >= 4 is 17.5 Å². The fraction of sp³-hybridized carbons (Fsp3) is 0.429. The average Bonchev–Trinajstić information content (AvgIpc) is 2.45. The van der Waals surface area contributed by atoms with Crippen LogP contribution in [0, 0.1) is 0 Å². The maximum atomic E-state index is 11.6. The molecule has 0 aliphatic carbocycles. The molecule has 0 aliphatic heterocycles. The molecule has 1 rings (SSSR count). The number of nitrogens with one attached hydrogen (secondary N) is 2. The summed E-state index contributed by atoms with van der Waals surface area (Å²) in [6.45, 7) is 3.68. The molecule has 5 heteroatoms. The van der Waals surface area contributed by atoms with Crippen molar-refractivity contribution in [1.82, 2.24) is 5.32 Å². The van der Waals surface area contributed by atoms with Crippen LogP contribution < -0.4 is 10.6 Å². The fourth-order valence-electron chi connectivity index (χ4n) is 1.54. The predicted octanol–water partition coefficient (Wildman–Crippen LogP) is 1.07. The van der Waals surface area contributed by atoms with Crippen molar-refractivity contribution in [3.05, 3.63) is 29.8 Å². The lowest BCUT2D eigenvalue weighted by Gasteiger charge is -2.13. The molecule has 3 N–H and O–H groups in total. The van der Waals surface area contributed by atoms with Crippen LogP contribution >= 0.6 is 0 Å². The quantitative estimate of drug-likeness (QED) is 0.696. The Labute approximate surface area is 113 Å². The molecule has 0 spiro atoms. The Morgan fingerprint density at radius 2 is 1.79 bits per heavy atom. The van der Waals surface area contributed by atoms with E-state index in [0.29, 0.717) is 12.1 Å². The number of anilines is 1. The third kappa shape index (κ3) is 4.71. The molecule has 0 saturated heterocycles. The molecule has 1 aromatic carbocycles. The van der Waals surface area contributed by atoms with E-state index < -0.39 is 11.8 Å². The van der Waals surface area contributed by atoms with E-state index in [0.717, 1.165) is 12.0 Å². The molecule has 5 nitrogen and oxygen atoms in total. The van der Waals surface area contributed by atoms with E-state index >= 15 is 0 Å². The Bertz CT molecular complexity index is 425. The normalized spacial score (nSPS) is 11.7. The summed E-state index contributed by atoms with van der Waals surface area (Å²) in [4.78, 5) is 23.2. The molecule has 0 aliphatic rings. The lowest BCUT2D eigenvalue weighted by molar-refractivity contribution is -0.136. The maximum Gasteiger partial charge on any atom is 0.313 e. The van der Waals surface area contributed by atoms with Crippen molar-refractivity contribution in [2.24, 2.45) is 0 Å². The second-order valence-corrected chi connectivity index (χ2v) is 4.27. The summed E-state index contributed by atoms with van der Waals surface area (Å²) in [7, 11) is 0. The molecule has 0 aromatic heterocycles. The fourth-order valence-corrected chi connectivity index (χ4v) is 1.54. The third-order valence-corrected chi connectivity index (χ3v) is 2.87. The Morgan fingerprint density at radius 3 is 2.26 bits per heavy atom. The van der Waals surface area contributed by atoms with Gasteiger partial charge >= 0.3 is 11.8 Å². The second-order valence-electron chi connectivity index (χ2n) is 4.27. The zero-order valence-electron chi connectivity index (χ0n) is 11.3. The van der Waals surface area contributed by atoms with Crippen LogP contribution in [0.5, 0.6) is 0 Å². The van der Waals surface area contributed by atoms with Crippen molar-refractivity contribution in [2.75, 3.05) is 11.9 Å². The maximum absolute atomic E-state index is 11.6. The van der Waals surface area contributed by atoms with Crippen LogP contribution in [0.15, 0.2) is 24.3 Å². The highest BCUT2D eigenvalue weighted by Gasteiger charge is 2.17. The highest BCUT2D eigenvalue weighted by Crippen LogP contribution is 2.09. The first kappa shape index (κ1) is 15.2. The van der Waals surface area contributed by atoms with Gasteiger partial charge in [0.15, 0.2) is 0 Å². The average molecular weight is 264 g/mol. The van der Waals surface area contributed by atoms with Gasteiger partial charge in [0.05, 0.1) is 12.6 Å². The van der Waals surface area contributed by atoms with Gasteiger partial charge in [0.25, 0.3) is 0 Å². The van der Waals surface area contributed by atoms with Gasteiger partial charge in [-0.25, -0.2) is 0 Å². The molecule has 2 amide bonds. The standard InChI is InChI=1S/C14H20N2O3/c1-3-10-5-7-12(8-6-10)16-14(19)13(18)15-11(4-2)9-17/h5-8,11,17H,3-4,9H2,1-2H3,(H,15,18)(H,16,19). The monoisotopic (exact) mass is 264 g/mol. The van der Waals surface area contributed by atoms with Gasteiger partial charge in [0.2, 0.25) is 0 Å². The molecular formula is C14H20N2O3. The Morgan fingerprint density at radius 1 is 1.16 bits per heavy atom. The smallest absolute Gasteiger partial charge is 0.313 e. The molecule has 1 aromatic rings. The van der Waals surface area contributed by atoms with Gasteiger partial charge in [0.1, 0.15) is 0 Å². The van der Waals surface area contributed by atoms with Crippen LogP contribution in [0.3, 0.4) is 0 Å². The summed E-state index contributed by atoms with van der Waals surface area (Å²) < 4.78 is 0. The molecule has 0 fully saturated rings. The molecule has 1 unspecified atom stereocenters. The molecule has 0 radical (unpaired) electrons. The van der Waals surface area contributed by atoms with Crippen LogP contribution in [0.25, 0.3) is 0 Å². The number of rotatable bonds is 5. The van der Waals surface area contributed by atoms with Crippen molar-refractivity contribution in [2.45, 2.75) is 32.7 Å². The number of carbonyl (C=O) groups excluding carboxylic acids is 2. The van der Waals surface area contributed by atoms with Crippen LogP contribution in [0.1, 0.15) is 25.8 Å². The Balaban J connectivity index is 2.55. The van der Waals surface area contributed by atoms with Crippen LogP contribution in [0.2, 0.25) is 0 Å². The molecule has 0 saturated carbocycles. The first-order valence-corrected chi connectivity index (χ1v) is 6.42. The highest BCUT2D eigenvalue weighted by molar-refractivity contribution is 6.39. The SMILES string of the molecule is CCc1ccc(NC(=O)C(=O)NC(CC)CO)cc1. The number of carbonyl (C=O) groups is 2. The van der Waals surface area contributed by atoms with Gasteiger partial charge in [0, 0.05) is 5.69 Å².